The third-order valence-electron chi connectivity index (χ3n) is 3.15. The number of ether oxygens (including phenoxy) is 1. The summed E-state index contributed by atoms with van der Waals surface area (Å²) < 4.78 is 11.4. The van der Waals surface area contributed by atoms with Crippen LogP contribution in [-0.2, 0) is 11.3 Å². The van der Waals surface area contributed by atoms with E-state index < -0.39 is 5.97 Å². The summed E-state index contributed by atoms with van der Waals surface area (Å²) in [6.45, 7) is 1.92. The van der Waals surface area contributed by atoms with E-state index >= 15 is 0 Å². The second-order valence-electron chi connectivity index (χ2n) is 4.93. The number of esters is 1. The number of nitrogens with zero attached hydrogens (tertiary/aromatic N) is 2. The highest BCUT2D eigenvalue weighted by Gasteiger charge is 2.14. The molecule has 2 aromatic carbocycles. The molecule has 116 valence electrons. The van der Waals surface area contributed by atoms with E-state index in [0.29, 0.717) is 15.9 Å². The van der Waals surface area contributed by atoms with Crippen molar-refractivity contribution in [1.29, 1.82) is 0 Å². The zero-order chi connectivity index (χ0) is 16.2. The molecule has 0 aliphatic heterocycles. The molecule has 3 aromatic rings. The Morgan fingerprint density at radius 3 is 2.78 bits per heavy atom. The van der Waals surface area contributed by atoms with E-state index in [2.05, 4.69) is 26.1 Å². The molecule has 0 saturated carbocycles. The van der Waals surface area contributed by atoms with Gasteiger partial charge in [-0.2, -0.15) is 0 Å². The van der Waals surface area contributed by atoms with E-state index in [4.69, 9.17) is 9.15 Å². The predicted octanol–water partition coefficient (Wildman–Crippen LogP) is 4.16. The number of hydrogen-bond donors (Lipinski definition) is 0. The third kappa shape index (κ3) is 3.65. The summed E-state index contributed by atoms with van der Waals surface area (Å²) in [7, 11) is 0. The number of benzene rings is 2. The number of carbonyl (C=O) groups is 1. The number of rotatable bonds is 4. The number of halogens is 1. The van der Waals surface area contributed by atoms with Gasteiger partial charge in [-0.05, 0) is 47.1 Å². The first kappa shape index (κ1) is 15.4. The molecule has 0 aliphatic carbocycles. The van der Waals surface area contributed by atoms with E-state index in [0.717, 1.165) is 11.1 Å². The zero-order valence-corrected chi connectivity index (χ0v) is 13.9. The van der Waals surface area contributed by atoms with E-state index in [1.807, 2.05) is 37.3 Å². The molecule has 0 amide bonds. The monoisotopic (exact) mass is 372 g/mol. The van der Waals surface area contributed by atoms with Gasteiger partial charge in [-0.3, -0.25) is 0 Å². The molecule has 5 nitrogen and oxygen atoms in total. The molecule has 0 spiro atoms. The molecule has 0 fully saturated rings. The van der Waals surface area contributed by atoms with Gasteiger partial charge in [-0.15, -0.1) is 10.2 Å². The second-order valence-corrected chi connectivity index (χ2v) is 5.78. The van der Waals surface area contributed by atoms with Crippen LogP contribution < -0.4 is 0 Å². The van der Waals surface area contributed by atoms with E-state index in [9.17, 15) is 4.79 Å². The lowest BCUT2D eigenvalue weighted by molar-refractivity contribution is 0.0437. The van der Waals surface area contributed by atoms with Crippen molar-refractivity contribution in [2.75, 3.05) is 0 Å². The Morgan fingerprint density at radius 2 is 2.00 bits per heavy atom. The average molecular weight is 373 g/mol. The summed E-state index contributed by atoms with van der Waals surface area (Å²) in [6, 6.07) is 14.8. The van der Waals surface area contributed by atoms with Gasteiger partial charge in [0.1, 0.15) is 0 Å². The fourth-order valence-electron chi connectivity index (χ4n) is 2.04. The highest BCUT2D eigenvalue weighted by atomic mass is 79.9. The Balaban J connectivity index is 1.68. The van der Waals surface area contributed by atoms with Crippen LogP contribution in [0.4, 0.5) is 0 Å². The Kier molecular flexibility index (Phi) is 4.52. The normalized spacial score (nSPS) is 10.5. The van der Waals surface area contributed by atoms with Gasteiger partial charge in [0.05, 0.1) is 5.56 Å². The predicted molar refractivity (Wildman–Crippen MR) is 87.7 cm³/mol. The standard InChI is InChI=1S/C17H13BrN2O3/c1-11-5-4-6-12(9-11)16-20-19-15(23-16)10-22-17(21)13-7-2-3-8-14(13)18/h2-9H,10H2,1H3. The minimum absolute atomic E-state index is 0.0705. The number of aromatic nitrogens is 2. The minimum Gasteiger partial charge on any atom is -0.452 e. The van der Waals surface area contributed by atoms with Gasteiger partial charge in [-0.25, -0.2) is 4.79 Å². The van der Waals surface area contributed by atoms with Gasteiger partial charge in [0, 0.05) is 10.0 Å². The molecule has 0 N–H and O–H groups in total. The van der Waals surface area contributed by atoms with Crippen LogP contribution in [0.25, 0.3) is 11.5 Å². The van der Waals surface area contributed by atoms with Crippen LogP contribution in [0.5, 0.6) is 0 Å². The highest BCUT2D eigenvalue weighted by molar-refractivity contribution is 9.10. The molecule has 0 saturated heterocycles. The topological polar surface area (TPSA) is 65.2 Å². The van der Waals surface area contributed by atoms with Crippen LogP contribution in [0.15, 0.2) is 57.4 Å². The molecule has 0 aliphatic rings. The van der Waals surface area contributed by atoms with E-state index in [1.165, 1.54) is 0 Å². The molecule has 0 atom stereocenters. The van der Waals surface area contributed by atoms with Crippen molar-refractivity contribution in [1.82, 2.24) is 10.2 Å². The second kappa shape index (κ2) is 6.75. The van der Waals surface area contributed by atoms with Crippen LogP contribution in [-0.4, -0.2) is 16.2 Å². The maximum atomic E-state index is 12.0. The molecular weight excluding hydrogens is 360 g/mol. The fourth-order valence-corrected chi connectivity index (χ4v) is 2.49. The van der Waals surface area contributed by atoms with Gasteiger partial charge in [0.25, 0.3) is 5.89 Å². The van der Waals surface area contributed by atoms with Crippen LogP contribution >= 0.6 is 15.9 Å². The maximum Gasteiger partial charge on any atom is 0.339 e. The maximum absolute atomic E-state index is 12.0. The van der Waals surface area contributed by atoms with Crippen LogP contribution in [0.3, 0.4) is 0 Å². The van der Waals surface area contributed by atoms with Crippen molar-refractivity contribution in [3.05, 3.63) is 70.0 Å². The summed E-state index contributed by atoms with van der Waals surface area (Å²) in [4.78, 5) is 12.0. The Morgan fingerprint density at radius 1 is 1.17 bits per heavy atom. The molecule has 0 bridgehead atoms. The van der Waals surface area contributed by atoms with Crippen LogP contribution in [0.2, 0.25) is 0 Å². The zero-order valence-electron chi connectivity index (χ0n) is 12.3. The van der Waals surface area contributed by atoms with Crippen molar-refractivity contribution in [2.45, 2.75) is 13.5 Å². The molecule has 1 aromatic heterocycles. The highest BCUT2D eigenvalue weighted by Crippen LogP contribution is 2.20. The van der Waals surface area contributed by atoms with Crippen molar-refractivity contribution in [3.8, 4) is 11.5 Å². The molecular formula is C17H13BrN2O3. The smallest absolute Gasteiger partial charge is 0.339 e. The molecule has 1 heterocycles. The molecule has 0 unspecified atom stereocenters. The average Bonchev–Trinajstić information content (AvgIpc) is 3.02. The number of carbonyl (C=O) groups excluding carboxylic acids is 1. The lowest BCUT2D eigenvalue weighted by Gasteiger charge is -2.03. The lowest BCUT2D eigenvalue weighted by atomic mass is 10.1. The molecule has 23 heavy (non-hydrogen) atoms. The summed E-state index contributed by atoms with van der Waals surface area (Å²) in [5, 5.41) is 7.88. The number of aryl methyl sites for hydroxylation is 1. The Hall–Kier alpha value is -2.47. The van der Waals surface area contributed by atoms with Crippen molar-refractivity contribution in [2.24, 2.45) is 0 Å². The lowest BCUT2D eigenvalue weighted by Crippen LogP contribution is -2.06. The first-order chi connectivity index (χ1) is 11.1. The van der Waals surface area contributed by atoms with Crippen LogP contribution in [0.1, 0.15) is 21.8 Å². The van der Waals surface area contributed by atoms with Gasteiger partial charge in [0.2, 0.25) is 5.89 Å². The van der Waals surface area contributed by atoms with Crippen molar-refractivity contribution >= 4 is 21.9 Å². The van der Waals surface area contributed by atoms with Crippen molar-refractivity contribution < 1.29 is 13.9 Å². The molecule has 0 radical (unpaired) electrons. The van der Waals surface area contributed by atoms with Gasteiger partial charge in [0.15, 0.2) is 6.61 Å². The Bertz CT molecular complexity index is 845. The van der Waals surface area contributed by atoms with Gasteiger partial charge < -0.3 is 9.15 Å². The first-order valence-corrected chi connectivity index (χ1v) is 7.74. The first-order valence-electron chi connectivity index (χ1n) is 6.94. The summed E-state index contributed by atoms with van der Waals surface area (Å²) in [6.07, 6.45) is 0. The summed E-state index contributed by atoms with van der Waals surface area (Å²) >= 11 is 3.31. The summed E-state index contributed by atoms with van der Waals surface area (Å²) in [5.74, 6) is 0.204. The van der Waals surface area contributed by atoms with E-state index in [1.54, 1.807) is 18.2 Å². The van der Waals surface area contributed by atoms with E-state index in [-0.39, 0.29) is 12.5 Å². The summed E-state index contributed by atoms with van der Waals surface area (Å²) in [5.41, 5.74) is 2.38. The quantitative estimate of drug-likeness (QED) is 0.643. The number of hydrogen-bond acceptors (Lipinski definition) is 5. The van der Waals surface area contributed by atoms with Gasteiger partial charge in [-0.1, -0.05) is 29.8 Å². The third-order valence-corrected chi connectivity index (χ3v) is 3.84. The van der Waals surface area contributed by atoms with Crippen molar-refractivity contribution in [3.63, 3.8) is 0 Å². The minimum atomic E-state index is -0.451. The molecule has 6 heteroatoms. The fraction of sp³-hybridized carbons (Fsp3) is 0.118. The van der Waals surface area contributed by atoms with Gasteiger partial charge >= 0.3 is 5.97 Å². The largest absolute Gasteiger partial charge is 0.452 e. The SMILES string of the molecule is Cc1cccc(-c2nnc(COC(=O)c3ccccc3Br)o2)c1. The van der Waals surface area contributed by atoms with Crippen LogP contribution in [0, 0.1) is 6.92 Å². The Labute approximate surface area is 141 Å². The molecule has 3 rings (SSSR count).